The highest BCUT2D eigenvalue weighted by Crippen LogP contribution is 2.77. The number of hydrogen-bond acceptors (Lipinski definition) is 0. The summed E-state index contributed by atoms with van der Waals surface area (Å²) in [4.78, 5) is 0. The van der Waals surface area contributed by atoms with Gasteiger partial charge in [-0.1, -0.05) is 354 Å². The Morgan fingerprint density at radius 3 is 1.18 bits per heavy atom. The minimum atomic E-state index is 0.0300. The fourth-order valence-electron chi connectivity index (χ4n) is 18.6. The summed E-state index contributed by atoms with van der Waals surface area (Å²) in [7, 11) is 0. The Labute approximate surface area is 510 Å². The van der Waals surface area contributed by atoms with E-state index in [9.17, 15) is 0 Å². The van der Waals surface area contributed by atoms with Crippen LogP contribution in [0.2, 0.25) is 0 Å². The highest BCUT2D eigenvalue weighted by Gasteiger charge is 2.70. The van der Waals surface area contributed by atoms with Gasteiger partial charge >= 0.3 is 0 Å². The second-order valence-electron chi connectivity index (χ2n) is 28.8. The molecule has 0 radical (unpaired) electrons. The molecule has 0 bridgehead atoms. The molecule has 0 saturated heterocycles. The molecule has 0 aliphatic heterocycles. The highest BCUT2D eigenvalue weighted by atomic mass is 14.7. The van der Waals surface area contributed by atoms with Gasteiger partial charge in [0.05, 0.1) is 0 Å². The van der Waals surface area contributed by atoms with Crippen LogP contribution >= 0.6 is 0 Å². The predicted octanol–water partition coefficient (Wildman–Crippen LogP) is 28.9. The summed E-state index contributed by atoms with van der Waals surface area (Å²) in [5.41, 5.74) is 0.311. The third kappa shape index (κ3) is 25.7. The number of rotatable bonds is 58. The van der Waals surface area contributed by atoms with Crippen molar-refractivity contribution in [1.82, 2.24) is 0 Å². The molecule has 80 heavy (non-hydrogen) atoms. The zero-order valence-electron chi connectivity index (χ0n) is 59.2. The molecule has 0 N–H and O–H groups in total. The van der Waals surface area contributed by atoms with E-state index in [1.165, 1.54) is 263 Å². The molecule has 0 amide bonds. The predicted molar refractivity (Wildman–Crippen MR) is 370 cm³/mol. The molecule has 0 aromatic heterocycles. The standard InChI is InChI=1S/C80H156/c1-20-35-43-53-71(48-28-9)63-70(19)77(59-40-25-6,65-73(50-30-11)55-45-37-22-3)78(60-41-26-7,66-74(51-31-12)56-46-38-23-4)79(61-42-27-8,67-75(52-32-13)57-47-39-24-5)80(58-33-14,69(18)34-15)76(62-68(16)17)64-72(49-29-10)54-44-36-21-2/h26-27,40-41,59,68-76H,8,20-25,28-39,42-58,60-67H2,1-7,9-19H3. The van der Waals surface area contributed by atoms with E-state index < -0.39 is 0 Å². The lowest BCUT2D eigenvalue weighted by Crippen LogP contribution is -2.67. The van der Waals surface area contributed by atoms with Crippen molar-refractivity contribution in [2.45, 2.75) is 401 Å². The zero-order chi connectivity index (χ0) is 60.1. The smallest absolute Gasteiger partial charge is 0.00249 e. The van der Waals surface area contributed by atoms with E-state index in [2.05, 4.69) is 155 Å². The Morgan fingerprint density at radius 2 is 0.800 bits per heavy atom. The van der Waals surface area contributed by atoms with Crippen molar-refractivity contribution >= 4 is 0 Å². The molecule has 0 saturated carbocycles. The van der Waals surface area contributed by atoms with E-state index >= 15 is 0 Å². The van der Waals surface area contributed by atoms with Crippen molar-refractivity contribution in [3.05, 3.63) is 37.0 Å². The van der Waals surface area contributed by atoms with Gasteiger partial charge in [-0.2, -0.15) is 0 Å². The van der Waals surface area contributed by atoms with Crippen LogP contribution in [0, 0.1) is 74.9 Å². The summed E-state index contributed by atoms with van der Waals surface area (Å²) >= 11 is 0. The molecule has 0 spiro atoms. The minimum absolute atomic E-state index is 0.0300. The third-order valence-corrected chi connectivity index (χ3v) is 22.1. The molecule has 0 aliphatic rings. The molecule has 12 atom stereocenters. The average Bonchev–Trinajstić information content (AvgIpc) is 3.47. The van der Waals surface area contributed by atoms with E-state index in [4.69, 9.17) is 6.58 Å². The Bertz CT molecular complexity index is 1430. The van der Waals surface area contributed by atoms with E-state index in [1.54, 1.807) is 0 Å². The first-order valence-electron chi connectivity index (χ1n) is 37.6. The Kier molecular flexibility index (Phi) is 47.9. The lowest BCUT2D eigenvalue weighted by atomic mass is 9.31. The maximum atomic E-state index is 4.85. The van der Waals surface area contributed by atoms with Crippen molar-refractivity contribution in [2.75, 3.05) is 0 Å². The molecule has 12 unspecified atom stereocenters. The Morgan fingerprint density at radius 1 is 0.388 bits per heavy atom. The van der Waals surface area contributed by atoms with Gasteiger partial charge in [0.15, 0.2) is 0 Å². The van der Waals surface area contributed by atoms with Crippen molar-refractivity contribution in [3.63, 3.8) is 0 Å². The number of hydrogen-bond donors (Lipinski definition) is 0. The van der Waals surface area contributed by atoms with Gasteiger partial charge in [0.25, 0.3) is 0 Å². The lowest BCUT2D eigenvalue weighted by Gasteiger charge is -2.73. The molecule has 476 valence electrons. The van der Waals surface area contributed by atoms with Gasteiger partial charge in [0.2, 0.25) is 0 Å². The van der Waals surface area contributed by atoms with Gasteiger partial charge in [-0.3, -0.25) is 0 Å². The minimum Gasteiger partial charge on any atom is -0.103 e. The maximum absolute atomic E-state index is 4.85. The molecule has 0 aliphatic carbocycles. The summed E-state index contributed by atoms with van der Waals surface area (Å²) in [6, 6.07) is 0. The second-order valence-corrected chi connectivity index (χ2v) is 28.8. The second kappa shape index (κ2) is 48.3. The van der Waals surface area contributed by atoms with Crippen LogP contribution in [0.1, 0.15) is 401 Å². The van der Waals surface area contributed by atoms with Gasteiger partial charge in [-0.05, 0) is 152 Å². The van der Waals surface area contributed by atoms with Gasteiger partial charge < -0.3 is 0 Å². The van der Waals surface area contributed by atoms with E-state index in [0.29, 0.717) is 23.7 Å². The van der Waals surface area contributed by atoms with Crippen LogP contribution in [0.3, 0.4) is 0 Å². The summed E-state index contributed by atoms with van der Waals surface area (Å²) < 4.78 is 0. The van der Waals surface area contributed by atoms with Crippen LogP contribution < -0.4 is 0 Å². The monoisotopic (exact) mass is 1120 g/mol. The van der Waals surface area contributed by atoms with Gasteiger partial charge in [-0.25, -0.2) is 0 Å². The number of unbranched alkanes of at least 4 members (excludes halogenated alkanes) is 10. The first-order valence-corrected chi connectivity index (χ1v) is 37.6. The van der Waals surface area contributed by atoms with Crippen LogP contribution in [0.5, 0.6) is 0 Å². The van der Waals surface area contributed by atoms with Gasteiger partial charge in [-0.15, -0.1) is 6.58 Å². The molecule has 0 heteroatoms. The zero-order valence-corrected chi connectivity index (χ0v) is 59.2. The summed E-state index contributed by atoms with van der Waals surface area (Å²) in [5, 5.41) is 0. The van der Waals surface area contributed by atoms with Crippen LogP contribution in [-0.2, 0) is 0 Å². The Balaban J connectivity index is 11.2. The van der Waals surface area contributed by atoms with Crippen molar-refractivity contribution in [1.29, 1.82) is 0 Å². The quantitative estimate of drug-likeness (QED) is 0.0421. The molecule has 0 fully saturated rings. The van der Waals surface area contributed by atoms with Crippen LogP contribution in [0.15, 0.2) is 37.0 Å². The summed E-state index contributed by atoms with van der Waals surface area (Å²) in [5.74, 6) is 6.39. The highest BCUT2D eigenvalue weighted by molar-refractivity contribution is 5.25. The molecule has 0 aromatic rings. The first-order chi connectivity index (χ1) is 38.7. The first kappa shape index (κ1) is 79.2. The van der Waals surface area contributed by atoms with E-state index in [-0.39, 0.29) is 21.7 Å². The molecular formula is C80H156. The summed E-state index contributed by atoms with van der Waals surface area (Å²) in [6.07, 6.45) is 72.4. The molecule has 0 heterocycles. The van der Waals surface area contributed by atoms with Crippen LogP contribution in [-0.4, -0.2) is 0 Å². The van der Waals surface area contributed by atoms with Crippen molar-refractivity contribution in [3.8, 4) is 0 Å². The Hall–Kier alpha value is -0.780. The largest absolute Gasteiger partial charge is 0.103 e. The SMILES string of the molecule is C=CCCC(CC(CCC)CCCCC)(C(CCC)(C(C)CC)C(CC(C)C)CC(CCC)CCCCC)C(CC=CC)(CC(CCC)CCCCC)C(C=CCC)(CC(CCC)CCCCC)C(C)CC(CCC)CCCCC. The molecule has 0 aromatic carbocycles. The third-order valence-electron chi connectivity index (χ3n) is 22.1. The topological polar surface area (TPSA) is 0 Å². The van der Waals surface area contributed by atoms with E-state index in [0.717, 1.165) is 42.4 Å². The normalized spacial score (nSPS) is 18.6. The van der Waals surface area contributed by atoms with Crippen LogP contribution in [0.4, 0.5) is 0 Å². The van der Waals surface area contributed by atoms with Crippen molar-refractivity contribution < 1.29 is 0 Å². The fourth-order valence-corrected chi connectivity index (χ4v) is 18.6. The average molecular weight is 1120 g/mol. The molecular weight excluding hydrogens is 961 g/mol. The van der Waals surface area contributed by atoms with Gasteiger partial charge in [0.1, 0.15) is 0 Å². The lowest BCUT2D eigenvalue weighted by molar-refractivity contribution is -0.237. The van der Waals surface area contributed by atoms with Gasteiger partial charge in [0, 0.05) is 0 Å². The maximum Gasteiger partial charge on any atom is -0.00249 e. The molecule has 0 rings (SSSR count). The number of allylic oxidation sites excluding steroid dienone is 5. The van der Waals surface area contributed by atoms with Crippen molar-refractivity contribution in [2.24, 2.45) is 74.9 Å². The fraction of sp³-hybridized carbons (Fsp3) is 0.925. The van der Waals surface area contributed by atoms with Crippen LogP contribution in [0.25, 0.3) is 0 Å². The van der Waals surface area contributed by atoms with E-state index in [1.807, 2.05) is 0 Å². The molecule has 0 nitrogen and oxygen atoms in total. The summed E-state index contributed by atoms with van der Waals surface area (Å²) in [6.45, 7) is 51.4.